The number of carbonyl (C=O) groups is 1. The lowest BCUT2D eigenvalue weighted by molar-refractivity contribution is -0.123. The molecule has 1 aromatic heterocycles. The average Bonchev–Trinajstić information content (AvgIpc) is 3.09. The summed E-state index contributed by atoms with van der Waals surface area (Å²) in [6, 6.07) is 13.1. The number of thiazole rings is 1. The number of aryl methyl sites for hydroxylation is 1. The Morgan fingerprint density at radius 1 is 1.19 bits per heavy atom. The second-order valence-corrected chi connectivity index (χ2v) is 7.82. The normalized spacial score (nSPS) is 10.6. The lowest BCUT2D eigenvalue weighted by Crippen LogP contribution is -2.30. The molecule has 0 aliphatic carbocycles. The lowest BCUT2D eigenvalue weighted by atomic mass is 10.1. The Kier molecular flexibility index (Phi) is 6.72. The Labute approximate surface area is 172 Å². The van der Waals surface area contributed by atoms with E-state index in [9.17, 15) is 4.79 Å². The number of amides is 1. The largest absolute Gasteiger partial charge is 0.482 e. The van der Waals surface area contributed by atoms with Gasteiger partial charge in [-0.1, -0.05) is 47.5 Å². The zero-order valence-electron chi connectivity index (χ0n) is 14.7. The van der Waals surface area contributed by atoms with Gasteiger partial charge in [-0.05, 0) is 31.0 Å². The molecule has 3 aromatic rings. The van der Waals surface area contributed by atoms with Crippen molar-refractivity contribution in [3.63, 3.8) is 0 Å². The molecule has 1 N–H and O–H groups in total. The van der Waals surface area contributed by atoms with E-state index in [0.717, 1.165) is 28.2 Å². The Hall–Kier alpha value is -2.08. The number of rotatable bonds is 7. The van der Waals surface area contributed by atoms with Gasteiger partial charge >= 0.3 is 0 Å². The van der Waals surface area contributed by atoms with Crippen molar-refractivity contribution in [2.75, 3.05) is 13.2 Å². The van der Waals surface area contributed by atoms with E-state index in [0.29, 0.717) is 22.3 Å². The summed E-state index contributed by atoms with van der Waals surface area (Å²) >= 11 is 13.5. The van der Waals surface area contributed by atoms with Gasteiger partial charge in [-0.3, -0.25) is 4.79 Å². The van der Waals surface area contributed by atoms with Crippen LogP contribution in [0.1, 0.15) is 10.6 Å². The number of ether oxygens (including phenoxy) is 1. The van der Waals surface area contributed by atoms with Gasteiger partial charge in [0, 0.05) is 28.6 Å². The van der Waals surface area contributed by atoms with Crippen molar-refractivity contribution in [1.82, 2.24) is 10.3 Å². The van der Waals surface area contributed by atoms with Crippen LogP contribution in [-0.4, -0.2) is 24.0 Å². The van der Waals surface area contributed by atoms with Crippen molar-refractivity contribution in [1.29, 1.82) is 0 Å². The first kappa shape index (κ1) is 19.7. The minimum absolute atomic E-state index is 0.109. The molecule has 0 fully saturated rings. The minimum Gasteiger partial charge on any atom is -0.482 e. The second kappa shape index (κ2) is 9.22. The third kappa shape index (κ3) is 5.70. The smallest absolute Gasteiger partial charge is 0.257 e. The van der Waals surface area contributed by atoms with E-state index in [1.165, 1.54) is 0 Å². The summed E-state index contributed by atoms with van der Waals surface area (Å²) in [4.78, 5) is 16.4. The van der Waals surface area contributed by atoms with Crippen molar-refractivity contribution in [3.8, 4) is 17.0 Å². The molecule has 2 aromatic carbocycles. The van der Waals surface area contributed by atoms with Crippen LogP contribution in [0, 0.1) is 6.92 Å². The minimum atomic E-state index is -0.208. The fourth-order valence-electron chi connectivity index (χ4n) is 2.47. The number of benzene rings is 2. The number of hydrogen-bond acceptors (Lipinski definition) is 4. The Morgan fingerprint density at radius 2 is 1.96 bits per heavy atom. The number of nitrogens with zero attached hydrogens (tertiary/aromatic N) is 1. The molecule has 7 heteroatoms. The highest BCUT2D eigenvalue weighted by Gasteiger charge is 2.07. The van der Waals surface area contributed by atoms with E-state index in [1.807, 2.05) is 6.92 Å². The van der Waals surface area contributed by atoms with Crippen LogP contribution in [0.4, 0.5) is 0 Å². The van der Waals surface area contributed by atoms with Gasteiger partial charge in [0.15, 0.2) is 6.61 Å². The van der Waals surface area contributed by atoms with Gasteiger partial charge < -0.3 is 10.1 Å². The number of hydrogen-bond donors (Lipinski definition) is 1. The van der Waals surface area contributed by atoms with Gasteiger partial charge in [-0.2, -0.15) is 0 Å². The molecule has 0 unspecified atom stereocenters. The van der Waals surface area contributed by atoms with Crippen molar-refractivity contribution in [3.05, 3.63) is 68.5 Å². The summed E-state index contributed by atoms with van der Waals surface area (Å²) in [7, 11) is 0. The zero-order chi connectivity index (χ0) is 19.2. The van der Waals surface area contributed by atoms with E-state index in [-0.39, 0.29) is 12.5 Å². The van der Waals surface area contributed by atoms with E-state index in [2.05, 4.69) is 39.9 Å². The summed E-state index contributed by atoms with van der Waals surface area (Å²) in [5, 5.41) is 6.87. The first-order valence-electron chi connectivity index (χ1n) is 8.37. The van der Waals surface area contributed by atoms with Crippen LogP contribution >= 0.6 is 34.5 Å². The van der Waals surface area contributed by atoms with Gasteiger partial charge in [0.05, 0.1) is 15.7 Å². The van der Waals surface area contributed by atoms with Crippen molar-refractivity contribution in [2.45, 2.75) is 13.3 Å². The summed E-state index contributed by atoms with van der Waals surface area (Å²) in [6.07, 6.45) is 0.736. The first-order chi connectivity index (χ1) is 13.0. The van der Waals surface area contributed by atoms with Crippen LogP contribution in [0.5, 0.6) is 5.75 Å². The highest BCUT2D eigenvalue weighted by atomic mass is 35.5. The molecule has 1 amide bonds. The van der Waals surface area contributed by atoms with Crippen LogP contribution in [0.3, 0.4) is 0 Å². The molecule has 0 aliphatic heterocycles. The maximum atomic E-state index is 11.9. The van der Waals surface area contributed by atoms with Crippen molar-refractivity contribution >= 4 is 40.4 Å². The number of nitrogens with one attached hydrogen (secondary N) is 1. The second-order valence-electron chi connectivity index (χ2n) is 5.91. The Bertz CT molecular complexity index is 926. The van der Waals surface area contributed by atoms with Crippen LogP contribution in [0.15, 0.2) is 47.8 Å². The van der Waals surface area contributed by atoms with Crippen LogP contribution in [0.25, 0.3) is 11.3 Å². The van der Waals surface area contributed by atoms with Crippen molar-refractivity contribution < 1.29 is 9.53 Å². The number of aromatic nitrogens is 1. The molecule has 4 nitrogen and oxygen atoms in total. The van der Waals surface area contributed by atoms with E-state index < -0.39 is 0 Å². The third-order valence-corrected chi connectivity index (χ3v) is 5.18. The average molecular weight is 421 g/mol. The molecule has 0 radical (unpaired) electrons. The predicted molar refractivity (Wildman–Crippen MR) is 111 cm³/mol. The molecule has 0 bridgehead atoms. The SMILES string of the molecule is Cc1nc(-c2ccc(CCNC(=O)COc3cc(Cl)ccc3Cl)cc2)cs1. The molecule has 0 saturated carbocycles. The molecule has 0 atom stereocenters. The Balaban J connectivity index is 1.44. The van der Waals surface area contributed by atoms with E-state index in [1.54, 1.807) is 29.5 Å². The summed E-state index contributed by atoms with van der Waals surface area (Å²) in [5.41, 5.74) is 3.23. The van der Waals surface area contributed by atoms with Gasteiger partial charge in [0.25, 0.3) is 5.91 Å². The molecular weight excluding hydrogens is 403 g/mol. The highest BCUT2D eigenvalue weighted by Crippen LogP contribution is 2.27. The van der Waals surface area contributed by atoms with Crippen LogP contribution in [-0.2, 0) is 11.2 Å². The maximum Gasteiger partial charge on any atom is 0.257 e. The summed E-state index contributed by atoms with van der Waals surface area (Å²) in [6.45, 7) is 2.41. The quantitative estimate of drug-likeness (QED) is 0.573. The topological polar surface area (TPSA) is 51.2 Å². The summed E-state index contributed by atoms with van der Waals surface area (Å²) in [5.74, 6) is 0.188. The van der Waals surface area contributed by atoms with Gasteiger partial charge in [0.2, 0.25) is 0 Å². The fourth-order valence-corrected chi connectivity index (χ4v) is 3.42. The van der Waals surface area contributed by atoms with Crippen molar-refractivity contribution in [2.24, 2.45) is 0 Å². The Morgan fingerprint density at radius 3 is 2.67 bits per heavy atom. The number of carbonyl (C=O) groups excluding carboxylic acids is 1. The fraction of sp³-hybridized carbons (Fsp3) is 0.200. The molecule has 1 heterocycles. The highest BCUT2D eigenvalue weighted by molar-refractivity contribution is 7.09. The van der Waals surface area contributed by atoms with E-state index in [4.69, 9.17) is 27.9 Å². The van der Waals surface area contributed by atoms with Gasteiger partial charge in [-0.25, -0.2) is 4.98 Å². The number of halogens is 2. The van der Waals surface area contributed by atoms with Crippen LogP contribution in [0.2, 0.25) is 10.0 Å². The van der Waals surface area contributed by atoms with Crippen LogP contribution < -0.4 is 10.1 Å². The summed E-state index contributed by atoms with van der Waals surface area (Å²) < 4.78 is 5.41. The monoisotopic (exact) mass is 420 g/mol. The van der Waals surface area contributed by atoms with Gasteiger partial charge in [-0.15, -0.1) is 11.3 Å². The predicted octanol–water partition coefficient (Wildman–Crippen LogP) is 5.16. The molecule has 27 heavy (non-hydrogen) atoms. The molecule has 0 saturated heterocycles. The third-order valence-electron chi connectivity index (χ3n) is 3.86. The maximum absolute atomic E-state index is 11.9. The first-order valence-corrected chi connectivity index (χ1v) is 10.0. The molecule has 0 spiro atoms. The molecular formula is C20H18Cl2N2O2S. The van der Waals surface area contributed by atoms with E-state index >= 15 is 0 Å². The lowest BCUT2D eigenvalue weighted by Gasteiger charge is -2.09. The zero-order valence-corrected chi connectivity index (χ0v) is 17.0. The standard InChI is InChI=1S/C20H18Cl2N2O2S/c1-13-24-18(12-27-13)15-4-2-14(3-5-15)8-9-23-20(25)11-26-19-10-16(21)6-7-17(19)22/h2-7,10,12H,8-9,11H2,1H3,(H,23,25). The molecule has 140 valence electrons. The molecule has 3 rings (SSSR count). The molecule has 0 aliphatic rings. The van der Waals surface area contributed by atoms with Gasteiger partial charge in [0.1, 0.15) is 5.75 Å².